The van der Waals surface area contributed by atoms with Crippen LogP contribution in [0.1, 0.15) is 36.9 Å². The van der Waals surface area contributed by atoms with E-state index in [1.165, 1.54) is 12.1 Å². The summed E-state index contributed by atoms with van der Waals surface area (Å²) in [5.74, 6) is -1.50. The Labute approximate surface area is 193 Å². The third-order valence-corrected chi connectivity index (χ3v) is 5.61. The third-order valence-electron chi connectivity index (χ3n) is 5.61. The number of ether oxygens (including phenoxy) is 2. The summed E-state index contributed by atoms with van der Waals surface area (Å²) in [6.07, 6.45) is 2.06. The fourth-order valence-corrected chi connectivity index (χ4v) is 3.96. The topological polar surface area (TPSA) is 121 Å². The maximum atomic E-state index is 15.5. The van der Waals surface area contributed by atoms with Crippen molar-refractivity contribution in [2.45, 2.75) is 25.8 Å². The smallest absolute Gasteiger partial charge is 0.330 e. The number of benzene rings is 2. The number of anilines is 1. The molecule has 0 bridgehead atoms. The molecule has 3 rings (SSSR count). The van der Waals surface area contributed by atoms with E-state index < -0.39 is 17.8 Å². The molecular formula is C24H31FN4O4. The summed E-state index contributed by atoms with van der Waals surface area (Å²) in [6.45, 7) is 4.39. The number of amidine groups is 1. The summed E-state index contributed by atoms with van der Waals surface area (Å²) < 4.78 is 26.9. The van der Waals surface area contributed by atoms with Gasteiger partial charge in [-0.2, -0.15) is 0 Å². The fourth-order valence-electron chi connectivity index (χ4n) is 3.96. The first-order valence-corrected chi connectivity index (χ1v) is 11.0. The summed E-state index contributed by atoms with van der Waals surface area (Å²) in [7, 11) is 2.05. The number of likely N-dealkylation sites (tertiary alicyclic amines) is 1. The molecule has 1 aliphatic heterocycles. The number of aliphatic carboxylic acids is 1. The summed E-state index contributed by atoms with van der Waals surface area (Å²) in [5.41, 5.74) is 6.33. The molecule has 0 amide bonds. The van der Waals surface area contributed by atoms with Gasteiger partial charge >= 0.3 is 5.97 Å². The van der Waals surface area contributed by atoms with Crippen LogP contribution in [0.2, 0.25) is 0 Å². The first kappa shape index (κ1) is 24.3. The van der Waals surface area contributed by atoms with Crippen molar-refractivity contribution in [3.05, 3.63) is 53.3 Å². The molecule has 1 fully saturated rings. The standard InChI is InChI=1S/C24H31FN4O4/c1-3-32-18-11-19(21(25)20(12-18)33-14-15-5-4-10-29(2)13-15)22(24(30)31)28-17-8-6-16(7-9-17)23(26)27/h6-9,11-12,15,22,28H,3-5,10,13-14H2,1-2H3,(H3,26,27)(H,30,31). The van der Waals surface area contributed by atoms with Crippen LogP contribution in [0.5, 0.6) is 11.5 Å². The van der Waals surface area contributed by atoms with Gasteiger partial charge in [0.25, 0.3) is 0 Å². The van der Waals surface area contributed by atoms with Gasteiger partial charge in [-0.3, -0.25) is 5.41 Å². The van der Waals surface area contributed by atoms with Crippen LogP contribution >= 0.6 is 0 Å². The molecule has 2 aromatic rings. The maximum absolute atomic E-state index is 15.5. The van der Waals surface area contributed by atoms with Gasteiger partial charge in [0, 0.05) is 35.3 Å². The van der Waals surface area contributed by atoms with Crippen LogP contribution in [-0.2, 0) is 4.79 Å². The number of rotatable bonds is 10. The molecule has 2 aromatic carbocycles. The molecule has 178 valence electrons. The van der Waals surface area contributed by atoms with E-state index >= 15 is 4.39 Å². The molecule has 1 heterocycles. The number of carboxylic acids is 1. The number of nitrogens with two attached hydrogens (primary N) is 1. The quantitative estimate of drug-likeness (QED) is 0.318. The fraction of sp³-hybridized carbons (Fsp3) is 0.417. The number of nitrogens with one attached hydrogen (secondary N) is 2. The van der Waals surface area contributed by atoms with E-state index in [0.29, 0.717) is 30.2 Å². The summed E-state index contributed by atoms with van der Waals surface area (Å²) in [4.78, 5) is 14.3. The number of hydrogen-bond donors (Lipinski definition) is 4. The number of nitrogens with zero attached hydrogens (tertiary/aromatic N) is 1. The SMILES string of the molecule is CCOc1cc(OCC2CCCN(C)C2)c(F)c(C(Nc2ccc(C(=N)N)cc2)C(=O)O)c1. The average molecular weight is 459 g/mol. The van der Waals surface area contributed by atoms with E-state index in [-0.39, 0.29) is 23.1 Å². The Morgan fingerprint density at radius 3 is 2.67 bits per heavy atom. The molecular weight excluding hydrogens is 427 g/mol. The molecule has 0 saturated carbocycles. The van der Waals surface area contributed by atoms with Crippen molar-refractivity contribution in [1.82, 2.24) is 4.90 Å². The van der Waals surface area contributed by atoms with Crippen LogP contribution in [0.3, 0.4) is 0 Å². The molecule has 2 atom stereocenters. The molecule has 0 spiro atoms. The highest BCUT2D eigenvalue weighted by atomic mass is 19.1. The Kier molecular flexibility index (Phi) is 8.11. The molecule has 5 N–H and O–H groups in total. The second kappa shape index (κ2) is 11.0. The highest BCUT2D eigenvalue weighted by Gasteiger charge is 2.27. The van der Waals surface area contributed by atoms with Gasteiger partial charge in [-0.25, -0.2) is 9.18 Å². The predicted octanol–water partition coefficient (Wildman–Crippen LogP) is 3.47. The van der Waals surface area contributed by atoms with E-state index in [0.717, 1.165) is 25.9 Å². The normalized spacial score (nSPS) is 17.2. The first-order chi connectivity index (χ1) is 15.8. The zero-order valence-electron chi connectivity index (χ0n) is 18.9. The Balaban J connectivity index is 1.87. The lowest BCUT2D eigenvalue weighted by atomic mass is 9.99. The molecule has 2 unspecified atom stereocenters. The van der Waals surface area contributed by atoms with Gasteiger partial charge in [0.05, 0.1) is 13.2 Å². The highest BCUT2D eigenvalue weighted by Crippen LogP contribution is 2.34. The van der Waals surface area contributed by atoms with E-state index in [1.807, 2.05) is 7.05 Å². The number of carbonyl (C=O) groups is 1. The van der Waals surface area contributed by atoms with E-state index in [9.17, 15) is 9.90 Å². The lowest BCUT2D eigenvalue weighted by Gasteiger charge is -2.29. The van der Waals surface area contributed by atoms with Crippen LogP contribution in [0.4, 0.5) is 10.1 Å². The van der Waals surface area contributed by atoms with Crippen molar-refractivity contribution in [2.75, 3.05) is 38.7 Å². The molecule has 0 radical (unpaired) electrons. The number of nitrogen functional groups attached to an aromatic ring is 1. The second-order valence-electron chi connectivity index (χ2n) is 8.25. The van der Waals surface area contributed by atoms with Gasteiger partial charge in [0.1, 0.15) is 11.6 Å². The zero-order valence-corrected chi connectivity index (χ0v) is 18.9. The second-order valence-corrected chi connectivity index (χ2v) is 8.25. The van der Waals surface area contributed by atoms with Crippen LogP contribution in [-0.4, -0.2) is 55.2 Å². The van der Waals surface area contributed by atoms with Crippen molar-refractivity contribution in [1.29, 1.82) is 5.41 Å². The van der Waals surface area contributed by atoms with Crippen molar-refractivity contribution >= 4 is 17.5 Å². The minimum Gasteiger partial charge on any atom is -0.494 e. The van der Waals surface area contributed by atoms with Gasteiger partial charge < -0.3 is 30.5 Å². The number of hydrogen-bond acceptors (Lipinski definition) is 6. The van der Waals surface area contributed by atoms with Crippen LogP contribution < -0.4 is 20.5 Å². The lowest BCUT2D eigenvalue weighted by molar-refractivity contribution is -0.138. The maximum Gasteiger partial charge on any atom is 0.330 e. The van der Waals surface area contributed by atoms with Crippen molar-refractivity contribution in [3.63, 3.8) is 0 Å². The van der Waals surface area contributed by atoms with E-state index in [2.05, 4.69) is 10.2 Å². The van der Waals surface area contributed by atoms with Crippen molar-refractivity contribution in [3.8, 4) is 11.5 Å². The van der Waals surface area contributed by atoms with Crippen molar-refractivity contribution in [2.24, 2.45) is 11.7 Å². The average Bonchev–Trinajstić information content (AvgIpc) is 2.78. The molecule has 1 aliphatic rings. The minimum absolute atomic E-state index is 0.0239. The Hall–Kier alpha value is -3.33. The predicted molar refractivity (Wildman–Crippen MR) is 125 cm³/mol. The van der Waals surface area contributed by atoms with Crippen LogP contribution in [0.25, 0.3) is 0 Å². The highest BCUT2D eigenvalue weighted by molar-refractivity contribution is 5.95. The van der Waals surface area contributed by atoms with Crippen LogP contribution in [0.15, 0.2) is 36.4 Å². The molecule has 8 nitrogen and oxygen atoms in total. The number of carboxylic acid groups (broad SMARTS) is 1. The van der Waals surface area contributed by atoms with Crippen LogP contribution in [0, 0.1) is 17.1 Å². The third kappa shape index (κ3) is 6.35. The summed E-state index contributed by atoms with van der Waals surface area (Å²) in [5, 5.41) is 20.2. The first-order valence-electron chi connectivity index (χ1n) is 11.0. The van der Waals surface area contributed by atoms with E-state index in [1.54, 1.807) is 31.2 Å². The Morgan fingerprint density at radius 1 is 1.33 bits per heavy atom. The zero-order chi connectivity index (χ0) is 24.0. The van der Waals surface area contributed by atoms with Gasteiger partial charge in [-0.1, -0.05) is 0 Å². The van der Waals surface area contributed by atoms with Crippen molar-refractivity contribution < 1.29 is 23.8 Å². The monoisotopic (exact) mass is 458 g/mol. The number of halogens is 1. The lowest BCUT2D eigenvalue weighted by Crippen LogP contribution is -2.34. The van der Waals surface area contributed by atoms with Gasteiger partial charge in [0.2, 0.25) is 0 Å². The molecule has 9 heteroatoms. The molecule has 0 aromatic heterocycles. The summed E-state index contributed by atoms with van der Waals surface area (Å²) in [6, 6.07) is 7.84. The molecule has 1 saturated heterocycles. The van der Waals surface area contributed by atoms with Gasteiger partial charge in [0.15, 0.2) is 17.6 Å². The Bertz CT molecular complexity index is 983. The minimum atomic E-state index is -1.38. The number of piperidine rings is 1. The van der Waals surface area contributed by atoms with E-state index in [4.69, 9.17) is 20.6 Å². The van der Waals surface area contributed by atoms with Gasteiger partial charge in [-0.15, -0.1) is 0 Å². The Morgan fingerprint density at radius 2 is 2.06 bits per heavy atom. The summed E-state index contributed by atoms with van der Waals surface area (Å²) >= 11 is 0. The molecule has 0 aliphatic carbocycles. The largest absolute Gasteiger partial charge is 0.494 e. The van der Waals surface area contributed by atoms with Gasteiger partial charge in [-0.05, 0) is 63.7 Å². The molecule has 33 heavy (non-hydrogen) atoms.